The van der Waals surface area contributed by atoms with Crippen LogP contribution in [0.15, 0.2) is 12.1 Å². The topological polar surface area (TPSA) is 41.3 Å². The van der Waals surface area contributed by atoms with E-state index >= 15 is 0 Å². The second-order valence-corrected chi connectivity index (χ2v) is 6.34. The van der Waals surface area contributed by atoms with E-state index in [1.54, 1.807) is 12.1 Å². The number of nitrogens with two attached hydrogens (primary N) is 1. The van der Waals surface area contributed by atoms with E-state index < -0.39 is 0 Å². The van der Waals surface area contributed by atoms with Crippen molar-refractivity contribution >= 4 is 34.6 Å². The van der Waals surface area contributed by atoms with Crippen molar-refractivity contribution in [1.29, 1.82) is 0 Å². The first-order valence-corrected chi connectivity index (χ1v) is 8.06. The molecule has 1 saturated heterocycles. The quantitative estimate of drug-likeness (QED) is 0.630. The van der Waals surface area contributed by atoms with Crippen molar-refractivity contribution < 1.29 is 0 Å². The maximum absolute atomic E-state index is 6.15. The van der Waals surface area contributed by atoms with Crippen LogP contribution >= 0.6 is 23.2 Å². The fraction of sp³-hybridized carbons (Fsp3) is 0.600. The molecule has 0 saturated carbocycles. The number of hydrogen-bond donors (Lipinski definition) is 2. The summed E-state index contributed by atoms with van der Waals surface area (Å²) in [4.78, 5) is 2.57. The van der Waals surface area contributed by atoms with E-state index in [2.05, 4.69) is 17.1 Å². The van der Waals surface area contributed by atoms with Gasteiger partial charge >= 0.3 is 0 Å². The molecule has 0 amide bonds. The van der Waals surface area contributed by atoms with Gasteiger partial charge in [0.15, 0.2) is 0 Å². The molecule has 2 rings (SSSR count). The second kappa shape index (κ2) is 7.39. The van der Waals surface area contributed by atoms with Gasteiger partial charge in [-0.1, -0.05) is 29.6 Å². The summed E-state index contributed by atoms with van der Waals surface area (Å²) in [6, 6.07) is 4.16. The number of anilines is 2. The number of piperidine rings is 1. The SMILES string of the molecule is CC1CCCCN1CCCNc1c(Cl)cc(N)cc1Cl. The summed E-state index contributed by atoms with van der Waals surface area (Å²) in [7, 11) is 0. The normalized spacial score (nSPS) is 20.1. The van der Waals surface area contributed by atoms with E-state index in [9.17, 15) is 0 Å². The molecule has 1 atom stereocenters. The van der Waals surface area contributed by atoms with Crippen LogP contribution in [-0.4, -0.2) is 30.6 Å². The molecule has 1 fully saturated rings. The Morgan fingerprint density at radius 1 is 1.30 bits per heavy atom. The van der Waals surface area contributed by atoms with Crippen molar-refractivity contribution in [1.82, 2.24) is 4.90 Å². The standard InChI is InChI=1S/C15H23Cl2N3/c1-11-5-2-3-7-20(11)8-4-6-19-15-13(16)9-12(18)10-14(15)17/h9-11,19H,2-8,18H2,1H3. The van der Waals surface area contributed by atoms with E-state index in [0.717, 1.165) is 25.2 Å². The number of nitrogens with zero attached hydrogens (tertiary/aromatic N) is 1. The second-order valence-electron chi connectivity index (χ2n) is 5.52. The van der Waals surface area contributed by atoms with Crippen LogP contribution in [0.3, 0.4) is 0 Å². The highest BCUT2D eigenvalue weighted by Crippen LogP contribution is 2.32. The minimum Gasteiger partial charge on any atom is -0.399 e. The summed E-state index contributed by atoms with van der Waals surface area (Å²) in [5, 5.41) is 4.49. The number of rotatable bonds is 5. The van der Waals surface area contributed by atoms with Crippen molar-refractivity contribution in [2.45, 2.75) is 38.6 Å². The Kier molecular flexibility index (Phi) is 5.82. The molecule has 5 heteroatoms. The van der Waals surface area contributed by atoms with Crippen LogP contribution in [-0.2, 0) is 0 Å². The Bertz CT molecular complexity index is 428. The lowest BCUT2D eigenvalue weighted by Crippen LogP contribution is -2.38. The molecular formula is C15H23Cl2N3. The van der Waals surface area contributed by atoms with Crippen LogP contribution in [0.1, 0.15) is 32.6 Å². The molecule has 1 aliphatic rings. The highest BCUT2D eigenvalue weighted by atomic mass is 35.5. The molecule has 0 radical (unpaired) electrons. The molecule has 0 aromatic heterocycles. The van der Waals surface area contributed by atoms with Gasteiger partial charge in [-0.3, -0.25) is 0 Å². The molecular weight excluding hydrogens is 293 g/mol. The zero-order valence-corrected chi connectivity index (χ0v) is 13.5. The molecule has 0 spiro atoms. The molecule has 3 N–H and O–H groups in total. The van der Waals surface area contributed by atoms with Crippen LogP contribution in [0.25, 0.3) is 0 Å². The van der Waals surface area contributed by atoms with Gasteiger partial charge < -0.3 is 16.0 Å². The lowest BCUT2D eigenvalue weighted by molar-refractivity contribution is 0.160. The van der Waals surface area contributed by atoms with Gasteiger partial charge in [-0.05, 0) is 44.9 Å². The Morgan fingerprint density at radius 2 is 2.00 bits per heavy atom. The van der Waals surface area contributed by atoms with Crippen molar-refractivity contribution in [2.24, 2.45) is 0 Å². The predicted octanol–water partition coefficient (Wildman–Crippen LogP) is 4.25. The monoisotopic (exact) mass is 315 g/mol. The predicted molar refractivity (Wildman–Crippen MR) is 88.9 cm³/mol. The number of likely N-dealkylation sites (tertiary alicyclic amines) is 1. The first kappa shape index (κ1) is 15.7. The van der Waals surface area contributed by atoms with Crippen LogP contribution in [0.2, 0.25) is 10.0 Å². The first-order chi connectivity index (χ1) is 9.58. The van der Waals surface area contributed by atoms with Crippen LogP contribution in [0, 0.1) is 0 Å². The average molecular weight is 316 g/mol. The summed E-state index contributed by atoms with van der Waals surface area (Å²) >= 11 is 12.3. The van der Waals surface area contributed by atoms with Crippen molar-refractivity contribution in [3.8, 4) is 0 Å². The Morgan fingerprint density at radius 3 is 2.65 bits per heavy atom. The lowest BCUT2D eigenvalue weighted by atomic mass is 10.0. The van der Waals surface area contributed by atoms with Gasteiger partial charge in [0.2, 0.25) is 0 Å². The number of nitrogens with one attached hydrogen (secondary N) is 1. The van der Waals surface area contributed by atoms with Crippen LogP contribution < -0.4 is 11.1 Å². The highest BCUT2D eigenvalue weighted by molar-refractivity contribution is 6.39. The molecule has 1 aliphatic heterocycles. The molecule has 3 nitrogen and oxygen atoms in total. The van der Waals surface area contributed by atoms with E-state index in [1.165, 1.54) is 25.8 Å². The summed E-state index contributed by atoms with van der Waals surface area (Å²) < 4.78 is 0. The molecule has 20 heavy (non-hydrogen) atoms. The van der Waals surface area contributed by atoms with Gasteiger partial charge in [0, 0.05) is 24.8 Å². The van der Waals surface area contributed by atoms with Gasteiger partial charge in [-0.2, -0.15) is 0 Å². The lowest BCUT2D eigenvalue weighted by Gasteiger charge is -2.33. The molecule has 1 unspecified atom stereocenters. The molecule has 1 aromatic rings. The maximum Gasteiger partial charge on any atom is 0.0720 e. The number of benzene rings is 1. The fourth-order valence-electron chi connectivity index (χ4n) is 2.75. The molecule has 0 aliphatic carbocycles. The minimum absolute atomic E-state index is 0.585. The Hall–Kier alpha value is -0.640. The van der Waals surface area contributed by atoms with E-state index in [1.807, 2.05) is 0 Å². The third kappa shape index (κ3) is 4.18. The van der Waals surface area contributed by atoms with Crippen molar-refractivity contribution in [2.75, 3.05) is 30.7 Å². The molecule has 0 bridgehead atoms. The van der Waals surface area contributed by atoms with Crippen molar-refractivity contribution in [3.63, 3.8) is 0 Å². The van der Waals surface area contributed by atoms with Gasteiger partial charge in [0.1, 0.15) is 0 Å². The molecule has 1 heterocycles. The summed E-state index contributed by atoms with van der Waals surface area (Å²) in [5.41, 5.74) is 7.07. The highest BCUT2D eigenvalue weighted by Gasteiger charge is 2.17. The summed E-state index contributed by atoms with van der Waals surface area (Å²) in [6.45, 7) is 5.54. The fourth-order valence-corrected chi connectivity index (χ4v) is 3.38. The molecule has 112 valence electrons. The van der Waals surface area contributed by atoms with E-state index in [-0.39, 0.29) is 0 Å². The number of hydrogen-bond acceptors (Lipinski definition) is 3. The largest absolute Gasteiger partial charge is 0.399 e. The third-order valence-electron chi connectivity index (χ3n) is 3.93. The summed E-state index contributed by atoms with van der Waals surface area (Å²) in [5.74, 6) is 0. The van der Waals surface area contributed by atoms with E-state index in [0.29, 0.717) is 21.8 Å². The Labute approximate surface area is 131 Å². The van der Waals surface area contributed by atoms with Gasteiger partial charge in [0.25, 0.3) is 0 Å². The maximum atomic E-state index is 6.15. The smallest absolute Gasteiger partial charge is 0.0720 e. The third-order valence-corrected chi connectivity index (χ3v) is 4.53. The number of nitrogen functional groups attached to an aromatic ring is 1. The average Bonchev–Trinajstić information content (AvgIpc) is 2.38. The van der Waals surface area contributed by atoms with Crippen LogP contribution in [0.4, 0.5) is 11.4 Å². The zero-order chi connectivity index (χ0) is 14.5. The van der Waals surface area contributed by atoms with Crippen LogP contribution in [0.5, 0.6) is 0 Å². The molecule has 1 aromatic carbocycles. The number of halogens is 2. The van der Waals surface area contributed by atoms with E-state index in [4.69, 9.17) is 28.9 Å². The first-order valence-electron chi connectivity index (χ1n) is 7.30. The van der Waals surface area contributed by atoms with Crippen molar-refractivity contribution in [3.05, 3.63) is 22.2 Å². The zero-order valence-electron chi connectivity index (χ0n) is 12.0. The Balaban J connectivity index is 1.78. The minimum atomic E-state index is 0.585. The van der Waals surface area contributed by atoms with Gasteiger partial charge in [0.05, 0.1) is 15.7 Å². The summed E-state index contributed by atoms with van der Waals surface area (Å²) in [6.07, 6.45) is 5.10. The van der Waals surface area contributed by atoms with Gasteiger partial charge in [-0.15, -0.1) is 0 Å². The van der Waals surface area contributed by atoms with Gasteiger partial charge in [-0.25, -0.2) is 0 Å².